The molecule has 8 heteroatoms. The lowest BCUT2D eigenvalue weighted by molar-refractivity contribution is 0.394. The fourth-order valence-electron chi connectivity index (χ4n) is 4.14. The van der Waals surface area contributed by atoms with Gasteiger partial charge in [0.1, 0.15) is 17.3 Å². The van der Waals surface area contributed by atoms with Crippen LogP contribution in [0.3, 0.4) is 0 Å². The molecule has 2 aromatic carbocycles. The van der Waals surface area contributed by atoms with Gasteiger partial charge in [-0.2, -0.15) is 4.52 Å². The van der Waals surface area contributed by atoms with Crippen molar-refractivity contribution in [2.45, 2.75) is 18.9 Å². The Kier molecular flexibility index (Phi) is 5.49. The summed E-state index contributed by atoms with van der Waals surface area (Å²) < 4.78 is 12.6. The Hall–Kier alpha value is -3.81. The molecule has 0 amide bonds. The molecule has 0 bridgehead atoms. The molecule has 1 aliphatic rings. The van der Waals surface area contributed by atoms with Crippen LogP contribution in [-0.4, -0.2) is 53.2 Å². The number of nitrogens with zero attached hydrogens (tertiary/aromatic N) is 5. The van der Waals surface area contributed by atoms with Crippen LogP contribution in [0.25, 0.3) is 17.0 Å². The highest BCUT2D eigenvalue weighted by molar-refractivity contribution is 5.60. The molecule has 1 fully saturated rings. The number of fused-ring (bicyclic) bond motifs is 1. The first kappa shape index (κ1) is 20.1. The molecule has 32 heavy (non-hydrogen) atoms. The largest absolute Gasteiger partial charge is 0.497 e. The van der Waals surface area contributed by atoms with Gasteiger partial charge >= 0.3 is 0 Å². The van der Waals surface area contributed by atoms with Crippen LogP contribution in [-0.2, 0) is 0 Å². The van der Waals surface area contributed by atoms with Crippen LogP contribution >= 0.6 is 0 Å². The van der Waals surface area contributed by atoms with Gasteiger partial charge in [-0.05, 0) is 25.0 Å². The maximum atomic E-state index is 5.40. The van der Waals surface area contributed by atoms with Crippen LogP contribution in [0, 0.1) is 0 Å². The number of methoxy groups -OCH3 is 2. The van der Waals surface area contributed by atoms with E-state index in [9.17, 15) is 0 Å². The van der Waals surface area contributed by atoms with Crippen LogP contribution in [0.2, 0.25) is 0 Å². The van der Waals surface area contributed by atoms with Gasteiger partial charge in [-0.25, -0.2) is 0 Å². The highest BCUT2D eigenvalue weighted by Crippen LogP contribution is 2.28. The molecule has 1 atom stereocenters. The van der Waals surface area contributed by atoms with Crippen molar-refractivity contribution in [3.05, 3.63) is 60.7 Å². The molecular formula is C24H26N6O2. The Labute approximate surface area is 186 Å². The summed E-state index contributed by atoms with van der Waals surface area (Å²) in [7, 11) is 3.33. The number of hydrogen-bond acceptors (Lipinski definition) is 7. The maximum Gasteiger partial charge on any atom is 0.185 e. The second-order valence-electron chi connectivity index (χ2n) is 7.88. The van der Waals surface area contributed by atoms with E-state index in [1.54, 1.807) is 14.2 Å². The molecule has 2 aromatic heterocycles. The van der Waals surface area contributed by atoms with Crippen LogP contribution in [0.5, 0.6) is 11.5 Å². The number of ether oxygens (including phenoxy) is 2. The van der Waals surface area contributed by atoms with Gasteiger partial charge < -0.3 is 19.7 Å². The van der Waals surface area contributed by atoms with E-state index in [2.05, 4.69) is 20.4 Å². The number of aromatic nitrogens is 4. The monoisotopic (exact) mass is 430 g/mol. The number of rotatable bonds is 6. The zero-order valence-electron chi connectivity index (χ0n) is 18.2. The third-order valence-electron chi connectivity index (χ3n) is 5.75. The molecule has 0 saturated carbocycles. The van der Waals surface area contributed by atoms with E-state index in [0.717, 1.165) is 66.0 Å². The van der Waals surface area contributed by atoms with Crippen molar-refractivity contribution in [3.8, 4) is 22.9 Å². The maximum absolute atomic E-state index is 5.40. The average Bonchev–Trinajstić information content (AvgIpc) is 3.28. The van der Waals surface area contributed by atoms with Gasteiger partial charge in [-0.1, -0.05) is 30.3 Å². The van der Waals surface area contributed by atoms with Crippen molar-refractivity contribution in [1.29, 1.82) is 0 Å². The summed E-state index contributed by atoms with van der Waals surface area (Å²) in [5.74, 6) is 3.21. The zero-order chi connectivity index (χ0) is 21.9. The van der Waals surface area contributed by atoms with E-state index >= 15 is 0 Å². The molecule has 0 aliphatic carbocycles. The SMILES string of the molecule is COc1cc(NC2CCCN(c3ccc4nnc(-c5ccccc5)n4n3)C2)cc(OC)c1. The van der Waals surface area contributed by atoms with Crippen molar-refractivity contribution < 1.29 is 9.47 Å². The van der Waals surface area contributed by atoms with E-state index in [-0.39, 0.29) is 6.04 Å². The van der Waals surface area contributed by atoms with Crippen molar-refractivity contribution in [1.82, 2.24) is 19.8 Å². The number of anilines is 2. The molecule has 0 spiro atoms. The number of nitrogens with one attached hydrogen (secondary N) is 1. The summed E-state index contributed by atoms with van der Waals surface area (Å²) in [6.45, 7) is 1.81. The van der Waals surface area contributed by atoms with Crippen LogP contribution < -0.4 is 19.7 Å². The highest BCUT2D eigenvalue weighted by atomic mass is 16.5. The molecule has 8 nitrogen and oxygen atoms in total. The fourth-order valence-corrected chi connectivity index (χ4v) is 4.14. The molecule has 1 unspecified atom stereocenters. The molecule has 1 N–H and O–H groups in total. The lowest BCUT2D eigenvalue weighted by Gasteiger charge is -2.34. The normalized spacial score (nSPS) is 16.2. The van der Waals surface area contributed by atoms with Crippen LogP contribution in [0.1, 0.15) is 12.8 Å². The van der Waals surface area contributed by atoms with E-state index < -0.39 is 0 Å². The van der Waals surface area contributed by atoms with Gasteiger partial charge in [0.25, 0.3) is 0 Å². The predicted octanol–water partition coefficient (Wildman–Crippen LogP) is 3.89. The smallest absolute Gasteiger partial charge is 0.185 e. The van der Waals surface area contributed by atoms with E-state index in [4.69, 9.17) is 14.6 Å². The summed E-state index contributed by atoms with van der Waals surface area (Å²) in [6.07, 6.45) is 2.16. The van der Waals surface area contributed by atoms with Gasteiger partial charge in [0.05, 0.1) is 14.2 Å². The molecule has 4 aromatic rings. The molecule has 0 radical (unpaired) electrons. The van der Waals surface area contributed by atoms with Crippen molar-refractivity contribution >= 4 is 17.2 Å². The molecule has 1 saturated heterocycles. The summed E-state index contributed by atoms with van der Waals surface area (Å²) in [4.78, 5) is 2.31. The predicted molar refractivity (Wildman–Crippen MR) is 125 cm³/mol. The minimum atomic E-state index is 0.285. The fraction of sp³-hybridized carbons (Fsp3) is 0.292. The first-order chi connectivity index (χ1) is 15.7. The topological polar surface area (TPSA) is 76.8 Å². The first-order valence-electron chi connectivity index (χ1n) is 10.8. The summed E-state index contributed by atoms with van der Waals surface area (Å²) in [5.41, 5.74) is 2.72. The quantitative estimate of drug-likeness (QED) is 0.497. The van der Waals surface area contributed by atoms with Crippen LogP contribution in [0.4, 0.5) is 11.5 Å². The molecular weight excluding hydrogens is 404 g/mol. The molecule has 1 aliphatic heterocycles. The summed E-state index contributed by atoms with van der Waals surface area (Å²) in [6, 6.07) is 20.2. The van der Waals surface area contributed by atoms with Crippen molar-refractivity contribution in [3.63, 3.8) is 0 Å². The minimum absolute atomic E-state index is 0.285. The van der Waals surface area contributed by atoms with Gasteiger partial charge in [0, 0.05) is 48.6 Å². The molecule has 5 rings (SSSR count). The Balaban J connectivity index is 1.37. The minimum Gasteiger partial charge on any atom is -0.497 e. The van der Waals surface area contributed by atoms with Gasteiger partial charge in [-0.15, -0.1) is 15.3 Å². The molecule has 164 valence electrons. The average molecular weight is 431 g/mol. The summed E-state index contributed by atoms with van der Waals surface area (Å²) >= 11 is 0. The van der Waals surface area contributed by atoms with Gasteiger partial charge in [0.15, 0.2) is 11.5 Å². The second kappa shape index (κ2) is 8.74. The highest BCUT2D eigenvalue weighted by Gasteiger charge is 2.22. The first-order valence-corrected chi connectivity index (χ1v) is 10.8. The molecule has 3 heterocycles. The number of hydrogen-bond donors (Lipinski definition) is 1. The lowest BCUT2D eigenvalue weighted by atomic mass is 10.1. The second-order valence-corrected chi connectivity index (χ2v) is 7.88. The number of piperidine rings is 1. The Morgan fingerprint density at radius 2 is 1.72 bits per heavy atom. The summed E-state index contributed by atoms with van der Waals surface area (Å²) in [5, 5.41) is 17.2. The van der Waals surface area contributed by atoms with E-state index in [1.807, 2.05) is 65.2 Å². The third kappa shape index (κ3) is 4.03. The van der Waals surface area contributed by atoms with Gasteiger partial charge in [0.2, 0.25) is 0 Å². The standard InChI is InChI=1S/C24H26N6O2/c1-31-20-13-19(14-21(15-20)32-2)25-18-9-6-12-29(16-18)23-11-10-22-26-27-24(30(22)28-23)17-7-4-3-5-8-17/h3-5,7-8,10-11,13-15,18,25H,6,9,12,16H2,1-2H3. The third-order valence-corrected chi connectivity index (χ3v) is 5.75. The number of benzene rings is 2. The van der Waals surface area contributed by atoms with Crippen molar-refractivity contribution in [2.24, 2.45) is 0 Å². The van der Waals surface area contributed by atoms with Gasteiger partial charge in [-0.3, -0.25) is 0 Å². The Morgan fingerprint density at radius 3 is 2.47 bits per heavy atom. The Morgan fingerprint density at radius 1 is 0.938 bits per heavy atom. The van der Waals surface area contributed by atoms with Crippen molar-refractivity contribution in [2.75, 3.05) is 37.5 Å². The Bertz CT molecular complexity index is 1190. The van der Waals surface area contributed by atoms with Crippen LogP contribution in [0.15, 0.2) is 60.7 Å². The van der Waals surface area contributed by atoms with E-state index in [0.29, 0.717) is 0 Å². The lowest BCUT2D eigenvalue weighted by Crippen LogP contribution is -2.42. The van der Waals surface area contributed by atoms with E-state index in [1.165, 1.54) is 0 Å². The zero-order valence-corrected chi connectivity index (χ0v) is 18.2.